The van der Waals surface area contributed by atoms with Crippen LogP contribution < -0.4 is 0 Å². The molecule has 94 valence electrons. The van der Waals surface area contributed by atoms with Crippen LogP contribution in [-0.2, 0) is 0 Å². The summed E-state index contributed by atoms with van der Waals surface area (Å²) < 4.78 is 13.2. The van der Waals surface area contributed by atoms with Gasteiger partial charge < -0.3 is 0 Å². The summed E-state index contributed by atoms with van der Waals surface area (Å²) in [4.78, 5) is 0. The Morgan fingerprint density at radius 3 is 2.11 bits per heavy atom. The van der Waals surface area contributed by atoms with Crippen molar-refractivity contribution in [3.8, 4) is 11.1 Å². The second kappa shape index (κ2) is 5.81. The molecule has 0 aliphatic rings. The Bertz CT molecular complexity index is 495. The maximum absolute atomic E-state index is 13.2. The van der Waals surface area contributed by atoms with E-state index in [-0.39, 0.29) is 5.82 Å². The van der Waals surface area contributed by atoms with Gasteiger partial charge >= 0.3 is 0 Å². The summed E-state index contributed by atoms with van der Waals surface area (Å²) in [5, 5.41) is 0. The molecule has 2 aromatic carbocycles. The van der Waals surface area contributed by atoms with Crippen molar-refractivity contribution in [3.63, 3.8) is 0 Å². The van der Waals surface area contributed by atoms with Crippen LogP contribution in [0.25, 0.3) is 11.1 Å². The molecule has 18 heavy (non-hydrogen) atoms. The van der Waals surface area contributed by atoms with Gasteiger partial charge in [0.2, 0.25) is 0 Å². The van der Waals surface area contributed by atoms with Gasteiger partial charge in [-0.1, -0.05) is 50.2 Å². The van der Waals surface area contributed by atoms with E-state index in [1.165, 1.54) is 11.6 Å². The van der Waals surface area contributed by atoms with Crippen LogP contribution in [0.2, 0.25) is 0 Å². The van der Waals surface area contributed by atoms with Crippen LogP contribution in [0.1, 0.15) is 38.2 Å². The van der Waals surface area contributed by atoms with Gasteiger partial charge in [-0.25, -0.2) is 4.39 Å². The lowest BCUT2D eigenvalue weighted by molar-refractivity contribution is 0.628. The Hall–Kier alpha value is -1.63. The Kier molecular flexibility index (Phi) is 4.14. The van der Waals surface area contributed by atoms with Crippen molar-refractivity contribution in [1.82, 2.24) is 0 Å². The van der Waals surface area contributed by atoms with E-state index in [9.17, 15) is 4.39 Å². The molecule has 0 atom stereocenters. The van der Waals surface area contributed by atoms with Crippen molar-refractivity contribution >= 4 is 0 Å². The average molecular weight is 242 g/mol. The first-order valence-corrected chi connectivity index (χ1v) is 6.60. The van der Waals surface area contributed by atoms with E-state index in [4.69, 9.17) is 0 Å². The number of halogens is 1. The van der Waals surface area contributed by atoms with E-state index in [2.05, 4.69) is 38.1 Å². The van der Waals surface area contributed by atoms with Gasteiger partial charge in [-0.05, 0) is 47.6 Å². The molecule has 0 nitrogen and oxygen atoms in total. The third kappa shape index (κ3) is 2.79. The maximum Gasteiger partial charge on any atom is 0.123 e. The molecule has 1 heteroatoms. The second-order valence-electron chi connectivity index (χ2n) is 4.65. The SMILES string of the molecule is CCC(CC)c1ccc(-c2cccc(F)c2)cc1. The summed E-state index contributed by atoms with van der Waals surface area (Å²) in [7, 11) is 0. The zero-order valence-electron chi connectivity index (χ0n) is 11.0. The lowest BCUT2D eigenvalue weighted by Crippen LogP contribution is -1.94. The standard InChI is InChI=1S/C17H19F/c1-3-13(4-2)14-8-10-15(11-9-14)16-6-5-7-17(18)12-16/h5-13H,3-4H2,1-2H3. The molecule has 0 amide bonds. The molecular formula is C17H19F. The fraction of sp³-hybridized carbons (Fsp3) is 0.294. The molecule has 0 saturated heterocycles. The van der Waals surface area contributed by atoms with Crippen molar-refractivity contribution < 1.29 is 4.39 Å². The number of benzene rings is 2. The summed E-state index contributed by atoms with van der Waals surface area (Å²) in [5.41, 5.74) is 3.38. The zero-order valence-corrected chi connectivity index (χ0v) is 11.0. The molecule has 0 heterocycles. The minimum atomic E-state index is -0.184. The Morgan fingerprint density at radius 2 is 1.56 bits per heavy atom. The Labute approximate surface area is 108 Å². The largest absolute Gasteiger partial charge is 0.207 e. The minimum absolute atomic E-state index is 0.184. The van der Waals surface area contributed by atoms with E-state index >= 15 is 0 Å². The molecule has 0 saturated carbocycles. The van der Waals surface area contributed by atoms with E-state index in [1.807, 2.05) is 6.07 Å². The summed E-state index contributed by atoms with van der Waals surface area (Å²) in [5.74, 6) is 0.447. The summed E-state index contributed by atoms with van der Waals surface area (Å²) >= 11 is 0. The van der Waals surface area contributed by atoms with Gasteiger partial charge in [-0.3, -0.25) is 0 Å². The second-order valence-corrected chi connectivity index (χ2v) is 4.65. The van der Waals surface area contributed by atoms with Crippen molar-refractivity contribution in [3.05, 3.63) is 59.9 Å². The highest BCUT2D eigenvalue weighted by atomic mass is 19.1. The number of rotatable bonds is 4. The highest BCUT2D eigenvalue weighted by Crippen LogP contribution is 2.26. The first-order chi connectivity index (χ1) is 8.74. The van der Waals surface area contributed by atoms with E-state index in [0.717, 1.165) is 24.0 Å². The van der Waals surface area contributed by atoms with Gasteiger partial charge in [0.05, 0.1) is 0 Å². The predicted octanol–water partition coefficient (Wildman–Crippen LogP) is 5.40. The van der Waals surface area contributed by atoms with Crippen LogP contribution in [-0.4, -0.2) is 0 Å². The lowest BCUT2D eigenvalue weighted by atomic mass is 9.92. The predicted molar refractivity (Wildman–Crippen MR) is 75.2 cm³/mol. The molecule has 2 aromatic rings. The van der Waals surface area contributed by atoms with E-state index < -0.39 is 0 Å². The summed E-state index contributed by atoms with van der Waals surface area (Å²) in [6, 6.07) is 15.2. The molecule has 0 fully saturated rings. The maximum atomic E-state index is 13.2. The number of hydrogen-bond acceptors (Lipinski definition) is 0. The fourth-order valence-electron chi connectivity index (χ4n) is 2.38. The van der Waals surface area contributed by atoms with Crippen LogP contribution in [0.5, 0.6) is 0 Å². The molecule has 0 N–H and O–H groups in total. The quantitative estimate of drug-likeness (QED) is 0.673. The average Bonchev–Trinajstić information content (AvgIpc) is 2.41. The highest BCUT2D eigenvalue weighted by molar-refractivity contribution is 5.63. The van der Waals surface area contributed by atoms with Crippen molar-refractivity contribution in [1.29, 1.82) is 0 Å². The summed E-state index contributed by atoms with van der Waals surface area (Å²) in [6.45, 7) is 4.43. The third-order valence-electron chi connectivity index (χ3n) is 3.53. The topological polar surface area (TPSA) is 0 Å². The monoisotopic (exact) mass is 242 g/mol. The molecule has 0 radical (unpaired) electrons. The minimum Gasteiger partial charge on any atom is -0.207 e. The third-order valence-corrected chi connectivity index (χ3v) is 3.53. The molecular weight excluding hydrogens is 223 g/mol. The van der Waals surface area contributed by atoms with E-state index in [0.29, 0.717) is 5.92 Å². The molecule has 0 aromatic heterocycles. The fourth-order valence-corrected chi connectivity index (χ4v) is 2.38. The van der Waals surface area contributed by atoms with Crippen LogP contribution >= 0.6 is 0 Å². The van der Waals surface area contributed by atoms with Gasteiger partial charge in [-0.2, -0.15) is 0 Å². The van der Waals surface area contributed by atoms with Gasteiger partial charge in [-0.15, -0.1) is 0 Å². The molecule has 0 aliphatic heterocycles. The summed E-state index contributed by atoms with van der Waals surface area (Å²) in [6.07, 6.45) is 2.33. The highest BCUT2D eigenvalue weighted by Gasteiger charge is 2.06. The smallest absolute Gasteiger partial charge is 0.123 e. The number of hydrogen-bond donors (Lipinski definition) is 0. The normalized spacial score (nSPS) is 10.9. The Balaban J connectivity index is 2.27. The first-order valence-electron chi connectivity index (χ1n) is 6.60. The first kappa shape index (κ1) is 12.8. The molecule has 0 aliphatic carbocycles. The van der Waals surface area contributed by atoms with Crippen molar-refractivity contribution in [2.24, 2.45) is 0 Å². The van der Waals surface area contributed by atoms with Gasteiger partial charge in [0.1, 0.15) is 5.82 Å². The van der Waals surface area contributed by atoms with Crippen LogP contribution in [0.15, 0.2) is 48.5 Å². The lowest BCUT2D eigenvalue weighted by Gasteiger charge is -2.13. The molecule has 0 unspecified atom stereocenters. The van der Waals surface area contributed by atoms with Crippen molar-refractivity contribution in [2.75, 3.05) is 0 Å². The van der Waals surface area contributed by atoms with Crippen molar-refractivity contribution in [2.45, 2.75) is 32.6 Å². The van der Waals surface area contributed by atoms with E-state index in [1.54, 1.807) is 12.1 Å². The van der Waals surface area contributed by atoms with Gasteiger partial charge in [0.15, 0.2) is 0 Å². The van der Waals surface area contributed by atoms with Crippen LogP contribution in [0.3, 0.4) is 0 Å². The van der Waals surface area contributed by atoms with Crippen LogP contribution in [0.4, 0.5) is 4.39 Å². The zero-order chi connectivity index (χ0) is 13.0. The van der Waals surface area contributed by atoms with Crippen LogP contribution in [0, 0.1) is 5.82 Å². The Morgan fingerprint density at radius 1 is 0.889 bits per heavy atom. The molecule has 0 spiro atoms. The molecule has 2 rings (SSSR count). The molecule has 0 bridgehead atoms. The van der Waals surface area contributed by atoms with Gasteiger partial charge in [0.25, 0.3) is 0 Å². The van der Waals surface area contributed by atoms with Gasteiger partial charge in [0, 0.05) is 0 Å².